The van der Waals surface area contributed by atoms with Gasteiger partial charge in [0.25, 0.3) is 0 Å². The molecule has 0 aromatic heterocycles. The molecule has 1 rings (SSSR count). The third kappa shape index (κ3) is 17.0. The molecule has 0 aliphatic rings. The Balaban J connectivity index is -0.000000150. The average Bonchev–Trinajstić information content (AvgIpc) is 2.25. The van der Waals surface area contributed by atoms with E-state index in [0.29, 0.717) is 6.42 Å². The minimum Gasteiger partial charge on any atom is -0.510 e. The zero-order valence-corrected chi connectivity index (χ0v) is 26.0. The molecular formula is C12H15O3Y5-. The molecule has 0 bridgehead atoms. The standard InChI is InChI=1S/C12H15O3.5Y/c1-14-12(15-2)8-4-6-10-5-3-7-11(13)9-10;;;;;/h3,5-7,9,12-13H,8H2,1-2H3;;;;;/q-1;;;;;. The number of methoxy groups -OCH3 is 2. The predicted molar refractivity (Wildman–Crippen MR) is 58.2 cm³/mol. The van der Waals surface area contributed by atoms with Gasteiger partial charge in [-0.25, -0.2) is 6.08 Å². The number of phenols is 1. The quantitative estimate of drug-likeness (QED) is 0.393. The molecule has 3 nitrogen and oxygen atoms in total. The Hall–Kier alpha value is 4.20. The molecule has 20 heavy (non-hydrogen) atoms. The van der Waals surface area contributed by atoms with Crippen LogP contribution in [0.3, 0.4) is 0 Å². The first-order valence-corrected chi connectivity index (χ1v) is 4.67. The summed E-state index contributed by atoms with van der Waals surface area (Å²) in [7, 11) is 3.17. The molecule has 1 aromatic rings. The van der Waals surface area contributed by atoms with E-state index in [1.807, 2.05) is 6.07 Å². The Bertz CT molecular complexity index is 333. The van der Waals surface area contributed by atoms with Crippen LogP contribution in [0.5, 0.6) is 5.75 Å². The summed E-state index contributed by atoms with van der Waals surface area (Å²) in [6.07, 6.45) is 5.13. The molecule has 0 saturated heterocycles. The van der Waals surface area contributed by atoms with Crippen LogP contribution in [0.2, 0.25) is 0 Å². The Labute approximate surface area is 247 Å². The SMILES string of the molecule is COC(C[C-]=Cc1cccc(O)c1)OC.[Y].[Y].[Y].[Y].[Y]. The summed E-state index contributed by atoms with van der Waals surface area (Å²) in [6.45, 7) is 0. The van der Waals surface area contributed by atoms with Crippen molar-refractivity contribution in [3.63, 3.8) is 0 Å². The van der Waals surface area contributed by atoms with Crippen molar-refractivity contribution < 1.29 is 178 Å². The van der Waals surface area contributed by atoms with Crippen LogP contribution in [0.25, 0.3) is 6.08 Å². The van der Waals surface area contributed by atoms with Gasteiger partial charge in [-0.15, -0.1) is 6.07 Å². The van der Waals surface area contributed by atoms with Gasteiger partial charge in [0.05, 0.1) is 5.75 Å². The van der Waals surface area contributed by atoms with Crippen LogP contribution in [-0.4, -0.2) is 25.6 Å². The third-order valence-electron chi connectivity index (χ3n) is 1.95. The largest absolute Gasteiger partial charge is 0.510 e. The minimum absolute atomic E-state index is 0. The smallest absolute Gasteiger partial charge is 0.144 e. The number of hydrogen-bond acceptors (Lipinski definition) is 3. The Kier molecular flexibility index (Phi) is 41.0. The number of benzene rings is 1. The number of hydrogen-bond donors (Lipinski definition) is 1. The molecule has 0 aliphatic heterocycles. The first-order valence-electron chi connectivity index (χ1n) is 4.67. The molecular weight excluding hydrogens is 637 g/mol. The van der Waals surface area contributed by atoms with Crippen LogP contribution in [0.4, 0.5) is 0 Å². The average molecular weight is 652 g/mol. The summed E-state index contributed by atoms with van der Waals surface area (Å²) in [6, 6.07) is 6.97. The van der Waals surface area contributed by atoms with Gasteiger partial charge in [-0.2, -0.15) is 5.56 Å². The van der Waals surface area contributed by atoms with Crippen molar-refractivity contribution in [2.45, 2.75) is 12.7 Å². The van der Waals surface area contributed by atoms with Crippen LogP contribution in [0, 0.1) is 6.08 Å². The van der Waals surface area contributed by atoms with Crippen molar-refractivity contribution in [2.24, 2.45) is 0 Å². The molecule has 0 atom stereocenters. The van der Waals surface area contributed by atoms with E-state index in [1.165, 1.54) is 0 Å². The molecule has 0 saturated carbocycles. The Morgan fingerprint density at radius 1 is 1.10 bits per heavy atom. The molecule has 1 aromatic carbocycles. The zero-order valence-electron chi connectivity index (χ0n) is 11.8. The van der Waals surface area contributed by atoms with Crippen molar-refractivity contribution in [3.05, 3.63) is 35.9 Å². The first-order chi connectivity index (χ1) is 7.26. The van der Waals surface area contributed by atoms with Gasteiger partial charge in [0.15, 0.2) is 0 Å². The van der Waals surface area contributed by atoms with E-state index in [1.54, 1.807) is 38.5 Å². The number of aromatic hydroxyl groups is 1. The van der Waals surface area contributed by atoms with Crippen LogP contribution in [-0.2, 0) is 173 Å². The van der Waals surface area contributed by atoms with Gasteiger partial charge in [0.2, 0.25) is 0 Å². The fourth-order valence-electron chi connectivity index (χ4n) is 1.15. The molecule has 97 valence electrons. The minimum atomic E-state index is -0.265. The van der Waals surface area contributed by atoms with Gasteiger partial charge in [0, 0.05) is 178 Å². The molecule has 0 amide bonds. The fourth-order valence-corrected chi connectivity index (χ4v) is 1.15. The topological polar surface area (TPSA) is 38.7 Å². The summed E-state index contributed by atoms with van der Waals surface area (Å²) < 4.78 is 10.0. The molecule has 0 fully saturated rings. The summed E-state index contributed by atoms with van der Waals surface area (Å²) >= 11 is 0. The second-order valence-electron chi connectivity index (χ2n) is 3.05. The molecule has 0 heterocycles. The monoisotopic (exact) mass is 652 g/mol. The van der Waals surface area contributed by atoms with E-state index in [9.17, 15) is 5.11 Å². The van der Waals surface area contributed by atoms with Crippen LogP contribution >= 0.6 is 0 Å². The first kappa shape index (κ1) is 35.3. The normalized spacial score (nSPS) is 8.55. The maximum absolute atomic E-state index is 9.22. The Morgan fingerprint density at radius 3 is 2.10 bits per heavy atom. The summed E-state index contributed by atoms with van der Waals surface area (Å²) in [4.78, 5) is 0. The molecule has 8 heteroatoms. The van der Waals surface area contributed by atoms with Crippen molar-refractivity contribution in [2.75, 3.05) is 14.2 Å². The molecule has 5 radical (unpaired) electrons. The number of rotatable bonds is 5. The van der Waals surface area contributed by atoms with E-state index in [4.69, 9.17) is 9.47 Å². The fraction of sp³-hybridized carbons (Fsp3) is 0.333. The van der Waals surface area contributed by atoms with Crippen LogP contribution in [0.1, 0.15) is 12.0 Å². The van der Waals surface area contributed by atoms with Gasteiger partial charge in [-0.3, -0.25) is 6.08 Å². The summed E-state index contributed by atoms with van der Waals surface area (Å²) in [5.41, 5.74) is 0.904. The zero-order chi connectivity index (χ0) is 11.1. The molecule has 1 N–H and O–H groups in total. The van der Waals surface area contributed by atoms with E-state index in [0.717, 1.165) is 5.56 Å². The van der Waals surface area contributed by atoms with Gasteiger partial charge < -0.3 is 14.6 Å². The van der Waals surface area contributed by atoms with Crippen LogP contribution in [0.15, 0.2) is 24.3 Å². The van der Waals surface area contributed by atoms with E-state index >= 15 is 0 Å². The van der Waals surface area contributed by atoms with E-state index in [2.05, 4.69) is 6.08 Å². The summed E-state index contributed by atoms with van der Waals surface area (Å²) in [5, 5.41) is 9.22. The number of phenolic OH excluding ortho intramolecular Hbond substituents is 1. The maximum Gasteiger partial charge on any atom is 0.144 e. The third-order valence-corrected chi connectivity index (χ3v) is 1.95. The van der Waals surface area contributed by atoms with Gasteiger partial charge in [-0.1, -0.05) is 18.6 Å². The van der Waals surface area contributed by atoms with Gasteiger partial charge in [0.1, 0.15) is 6.29 Å². The Morgan fingerprint density at radius 2 is 1.65 bits per heavy atom. The van der Waals surface area contributed by atoms with Crippen molar-refractivity contribution in [1.82, 2.24) is 0 Å². The van der Waals surface area contributed by atoms with Crippen molar-refractivity contribution in [3.8, 4) is 5.75 Å². The molecule has 0 spiro atoms. The summed E-state index contributed by atoms with van der Waals surface area (Å²) in [5.74, 6) is 0.251. The van der Waals surface area contributed by atoms with Gasteiger partial charge >= 0.3 is 0 Å². The van der Waals surface area contributed by atoms with Crippen LogP contribution < -0.4 is 0 Å². The van der Waals surface area contributed by atoms with Gasteiger partial charge in [-0.05, 0) is 6.07 Å². The molecule has 0 aliphatic carbocycles. The second-order valence-corrected chi connectivity index (χ2v) is 3.05. The number of ether oxygens (including phenoxy) is 2. The van der Waals surface area contributed by atoms with Crippen molar-refractivity contribution in [1.29, 1.82) is 0 Å². The van der Waals surface area contributed by atoms with E-state index in [-0.39, 0.29) is 176 Å². The molecule has 0 unspecified atom stereocenters. The maximum atomic E-state index is 9.22. The van der Waals surface area contributed by atoms with E-state index < -0.39 is 0 Å². The predicted octanol–water partition coefficient (Wildman–Crippen LogP) is 2.21. The second kappa shape index (κ2) is 23.2. The van der Waals surface area contributed by atoms with Crippen molar-refractivity contribution >= 4 is 6.08 Å².